The number of fused-ring (bicyclic) bond motifs is 1. The minimum Gasteiger partial charge on any atom is -0.490 e. The van der Waals surface area contributed by atoms with E-state index in [9.17, 15) is 30.7 Å². The molecule has 0 aliphatic rings. The van der Waals surface area contributed by atoms with Crippen molar-refractivity contribution in [2.75, 3.05) is 6.61 Å². The number of hydrazone groups is 1. The number of rotatable bonds is 11. The summed E-state index contributed by atoms with van der Waals surface area (Å²) < 4.78 is 102. The molecule has 1 N–H and O–H groups in total. The van der Waals surface area contributed by atoms with Crippen LogP contribution in [-0.4, -0.2) is 31.0 Å². The minimum absolute atomic E-state index is 0.0939. The largest absolute Gasteiger partial charge is 0.490 e. The first-order chi connectivity index (χ1) is 17.4. The number of benzene rings is 3. The van der Waals surface area contributed by atoms with Crippen LogP contribution in [-0.2, 0) is 13.0 Å². The molecule has 0 amide bonds. The van der Waals surface area contributed by atoms with Crippen LogP contribution in [0.1, 0.15) is 23.6 Å². The smallest absolute Gasteiger partial charge is 0.462 e. The summed E-state index contributed by atoms with van der Waals surface area (Å²) in [5.41, 5.74) is 2.11. The zero-order valence-electron chi connectivity index (χ0n) is 19.6. The van der Waals surface area contributed by atoms with Crippen LogP contribution in [0.3, 0.4) is 0 Å². The molecule has 0 saturated heterocycles. The van der Waals surface area contributed by atoms with Crippen LogP contribution in [0.2, 0.25) is 0 Å². The Hall–Kier alpha value is -3.76. The van der Waals surface area contributed by atoms with E-state index in [1.165, 1.54) is 12.1 Å². The summed E-state index contributed by atoms with van der Waals surface area (Å²) in [6.45, 7) is 5.74. The lowest BCUT2D eigenvalue weighted by Crippen LogP contribution is -2.58. The van der Waals surface area contributed by atoms with E-state index < -0.39 is 18.1 Å². The quantitative estimate of drug-likeness (QED) is 0.0937. The molecule has 0 fully saturated rings. The van der Waals surface area contributed by atoms with Crippen molar-refractivity contribution >= 4 is 17.0 Å². The van der Waals surface area contributed by atoms with E-state index in [-0.39, 0.29) is 30.9 Å². The van der Waals surface area contributed by atoms with Crippen molar-refractivity contribution in [1.82, 2.24) is 5.43 Å². The Labute approximate surface area is 208 Å². The molecule has 0 saturated carbocycles. The van der Waals surface area contributed by atoms with E-state index in [1.807, 2.05) is 42.5 Å². The highest BCUT2D eigenvalue weighted by Gasteiger charge is 2.73. The van der Waals surface area contributed by atoms with Crippen LogP contribution in [0.25, 0.3) is 10.8 Å². The summed E-state index contributed by atoms with van der Waals surface area (Å²) in [4.78, 5) is 0. The molecule has 3 rings (SSSR count). The maximum atomic E-state index is 13.5. The number of hydrogen-bond acceptors (Lipinski definition) is 4. The van der Waals surface area contributed by atoms with Gasteiger partial charge in [-0.1, -0.05) is 48.5 Å². The van der Waals surface area contributed by atoms with Crippen molar-refractivity contribution in [2.45, 2.75) is 38.1 Å². The van der Waals surface area contributed by atoms with E-state index in [0.717, 1.165) is 16.3 Å². The zero-order chi connectivity index (χ0) is 27.3. The second-order valence-corrected chi connectivity index (χ2v) is 7.88. The number of hydrogen-bond donors (Lipinski definition) is 1. The molecule has 0 atom stereocenters. The first kappa shape index (κ1) is 27.8. The van der Waals surface area contributed by atoms with Gasteiger partial charge in [-0.05, 0) is 47.4 Å². The summed E-state index contributed by atoms with van der Waals surface area (Å²) in [5, 5.41) is 4.93. The van der Waals surface area contributed by atoms with Crippen molar-refractivity contribution in [3.8, 4) is 11.5 Å². The molecule has 0 spiro atoms. The van der Waals surface area contributed by atoms with Crippen LogP contribution < -0.4 is 14.9 Å². The second-order valence-electron chi connectivity index (χ2n) is 7.88. The van der Waals surface area contributed by atoms with Crippen molar-refractivity contribution in [2.24, 2.45) is 5.10 Å². The predicted octanol–water partition coefficient (Wildman–Crippen LogP) is 7.26. The Kier molecular flexibility index (Phi) is 8.35. The fraction of sp³-hybridized carbons (Fsp3) is 0.269. The molecule has 0 bridgehead atoms. The summed E-state index contributed by atoms with van der Waals surface area (Å²) >= 11 is 0. The minimum atomic E-state index is -6.47. The average Bonchev–Trinajstić information content (AvgIpc) is 2.83. The molecule has 0 radical (unpaired) electrons. The normalized spacial score (nSPS) is 12.6. The van der Waals surface area contributed by atoms with Gasteiger partial charge in [0.25, 0.3) is 0 Å². The van der Waals surface area contributed by atoms with Crippen LogP contribution in [0.15, 0.2) is 72.4 Å². The fourth-order valence-corrected chi connectivity index (χ4v) is 3.50. The van der Waals surface area contributed by atoms with E-state index in [4.69, 9.17) is 9.47 Å². The van der Waals surface area contributed by atoms with Crippen molar-refractivity contribution in [1.29, 1.82) is 0 Å². The highest BCUT2D eigenvalue weighted by molar-refractivity contribution is 5.85. The Morgan fingerprint density at radius 1 is 0.919 bits per heavy atom. The van der Waals surface area contributed by atoms with Crippen LogP contribution in [0.5, 0.6) is 11.5 Å². The van der Waals surface area contributed by atoms with Gasteiger partial charge < -0.3 is 9.47 Å². The van der Waals surface area contributed by atoms with Crippen LogP contribution in [0, 0.1) is 0 Å². The zero-order valence-corrected chi connectivity index (χ0v) is 19.6. The average molecular weight is 528 g/mol. The third-order valence-electron chi connectivity index (χ3n) is 5.24. The van der Waals surface area contributed by atoms with Crippen molar-refractivity contribution in [3.05, 3.63) is 83.9 Å². The second kappa shape index (κ2) is 11.1. The molecule has 3 aromatic rings. The number of halogens is 7. The van der Waals surface area contributed by atoms with E-state index in [1.54, 1.807) is 13.0 Å². The third kappa shape index (κ3) is 6.15. The summed E-state index contributed by atoms with van der Waals surface area (Å²) in [6, 6.07) is 10.6. The summed E-state index contributed by atoms with van der Waals surface area (Å²) in [7, 11) is 0. The van der Waals surface area contributed by atoms with Gasteiger partial charge in [-0.15, -0.1) is 6.58 Å². The number of ether oxygens (including phenoxy) is 2. The molecular weight excluding hydrogens is 505 g/mol. The molecule has 4 nitrogen and oxygen atoms in total. The SMILES string of the molecule is C=CCc1cc(/C=N/NC(F)(F)C(F)(F)C(F)(F)F)cc(OCC)c1OCc1cccc2ccccc12. The molecule has 0 aliphatic heterocycles. The van der Waals surface area contributed by atoms with E-state index in [2.05, 4.69) is 11.7 Å². The summed E-state index contributed by atoms with van der Waals surface area (Å²) in [6.07, 6.45) is -3.99. The van der Waals surface area contributed by atoms with E-state index in [0.29, 0.717) is 23.0 Å². The number of nitrogens with one attached hydrogen (secondary N) is 1. The van der Waals surface area contributed by atoms with Crippen molar-refractivity contribution in [3.63, 3.8) is 0 Å². The highest BCUT2D eigenvalue weighted by Crippen LogP contribution is 2.45. The Bertz CT molecular complexity index is 1270. The maximum absolute atomic E-state index is 13.5. The lowest BCUT2D eigenvalue weighted by Gasteiger charge is -2.27. The molecule has 198 valence electrons. The van der Waals surface area contributed by atoms with Gasteiger partial charge >= 0.3 is 18.1 Å². The Morgan fingerprint density at radius 2 is 1.62 bits per heavy atom. The number of nitrogens with zero attached hydrogens (tertiary/aromatic N) is 1. The lowest BCUT2D eigenvalue weighted by molar-refractivity contribution is -0.361. The molecule has 3 aromatic carbocycles. The molecule has 37 heavy (non-hydrogen) atoms. The summed E-state index contributed by atoms with van der Waals surface area (Å²) in [5.74, 6) is -5.79. The van der Waals surface area contributed by atoms with Gasteiger partial charge in [-0.25, -0.2) is 5.43 Å². The number of alkyl halides is 7. The predicted molar refractivity (Wildman–Crippen MR) is 126 cm³/mol. The fourth-order valence-electron chi connectivity index (χ4n) is 3.50. The van der Waals surface area contributed by atoms with Crippen molar-refractivity contribution < 1.29 is 40.2 Å². The Morgan fingerprint density at radius 3 is 2.30 bits per heavy atom. The lowest BCUT2D eigenvalue weighted by atomic mass is 10.0. The van der Waals surface area contributed by atoms with Gasteiger partial charge in [0.2, 0.25) is 0 Å². The Balaban J connectivity index is 1.90. The van der Waals surface area contributed by atoms with Gasteiger partial charge in [0.05, 0.1) is 12.8 Å². The van der Waals surface area contributed by atoms with Gasteiger partial charge in [0.15, 0.2) is 11.5 Å². The molecule has 0 aliphatic carbocycles. The van der Waals surface area contributed by atoms with Gasteiger partial charge in [-0.3, -0.25) is 0 Å². The molecular formula is C26H23F7N2O2. The van der Waals surface area contributed by atoms with Crippen LogP contribution >= 0.6 is 0 Å². The van der Waals surface area contributed by atoms with Crippen LogP contribution in [0.4, 0.5) is 30.7 Å². The monoisotopic (exact) mass is 528 g/mol. The van der Waals surface area contributed by atoms with Gasteiger partial charge in [0.1, 0.15) is 6.61 Å². The standard InChI is InChI=1S/C26H23F7N2O2/c1-3-8-19-13-17(15-34-35-26(32,33)24(27,28)25(29,30)31)14-22(36-4-2)23(19)37-16-20-11-7-10-18-9-5-6-12-21(18)20/h3,5-7,9-15,35H,1,4,8,16H2,2H3/b34-15+. The molecule has 0 aromatic heterocycles. The topological polar surface area (TPSA) is 42.9 Å². The number of allylic oxidation sites excluding steroid dienone is 1. The maximum Gasteiger partial charge on any atom is 0.462 e. The highest BCUT2D eigenvalue weighted by atomic mass is 19.4. The first-order valence-electron chi connectivity index (χ1n) is 11.0. The molecule has 0 heterocycles. The molecule has 0 unspecified atom stereocenters. The first-order valence-corrected chi connectivity index (χ1v) is 11.0. The third-order valence-corrected chi connectivity index (χ3v) is 5.24. The van der Waals surface area contributed by atoms with E-state index >= 15 is 0 Å². The van der Waals surface area contributed by atoms with Gasteiger partial charge in [0, 0.05) is 5.56 Å². The molecule has 11 heteroatoms. The van der Waals surface area contributed by atoms with Gasteiger partial charge in [-0.2, -0.15) is 35.8 Å².